The number of hydrogen-bond acceptors (Lipinski definition) is 5. The van der Waals surface area contributed by atoms with Gasteiger partial charge in [-0.15, -0.1) is 0 Å². The lowest BCUT2D eigenvalue weighted by Gasteiger charge is -2.11. The number of ether oxygens (including phenoxy) is 1. The molecule has 3 N–H and O–H groups in total. The first-order chi connectivity index (χ1) is 12.5. The smallest absolute Gasteiger partial charge is 0.329 e. The van der Waals surface area contributed by atoms with E-state index in [1.165, 1.54) is 7.11 Å². The number of halogens is 1. The largest absolute Gasteiger partial charge is 0.496 e. The number of imide groups is 1. The van der Waals surface area contributed by atoms with Crippen LogP contribution in [0.1, 0.15) is 31.2 Å². The number of carbonyl (C=O) groups is 3. The molecule has 1 aliphatic heterocycles. The number of rotatable bonds is 8. The second-order valence-electron chi connectivity index (χ2n) is 5.68. The van der Waals surface area contributed by atoms with E-state index in [9.17, 15) is 14.4 Å². The van der Waals surface area contributed by atoms with Crippen molar-refractivity contribution in [3.8, 4) is 5.75 Å². The second kappa shape index (κ2) is 9.35. The number of urea groups is 1. The molecule has 1 fully saturated rings. The molecular formula is C17H20BrN3O5. The summed E-state index contributed by atoms with van der Waals surface area (Å²) in [5.41, 5.74) is 2.43. The van der Waals surface area contributed by atoms with Gasteiger partial charge in [-0.1, -0.05) is 28.4 Å². The number of benzene rings is 1. The van der Waals surface area contributed by atoms with Crippen LogP contribution in [0.3, 0.4) is 0 Å². The summed E-state index contributed by atoms with van der Waals surface area (Å²) in [7, 11) is 1.53. The second-order valence-corrected chi connectivity index (χ2v) is 6.59. The third kappa shape index (κ3) is 5.06. The van der Waals surface area contributed by atoms with Crippen molar-refractivity contribution in [2.24, 2.45) is 0 Å². The number of hydrogen-bond donors (Lipinski definition) is 3. The van der Waals surface area contributed by atoms with Gasteiger partial charge in [0.25, 0.3) is 5.91 Å². The fourth-order valence-electron chi connectivity index (χ4n) is 2.52. The van der Waals surface area contributed by atoms with Crippen LogP contribution in [0.4, 0.5) is 4.79 Å². The fraction of sp³-hybridized carbons (Fsp3) is 0.353. The molecule has 1 aliphatic rings. The minimum Gasteiger partial charge on any atom is -0.496 e. The zero-order valence-corrected chi connectivity index (χ0v) is 15.8. The molecule has 140 valence electrons. The van der Waals surface area contributed by atoms with Crippen LogP contribution in [-0.2, 0) is 9.59 Å². The van der Waals surface area contributed by atoms with E-state index >= 15 is 0 Å². The van der Waals surface area contributed by atoms with Gasteiger partial charge in [0.2, 0.25) is 5.91 Å². The van der Waals surface area contributed by atoms with Crippen LogP contribution in [0.25, 0.3) is 6.08 Å². The highest BCUT2D eigenvalue weighted by Gasteiger charge is 2.33. The minimum absolute atomic E-state index is 0.190. The first-order valence-electron chi connectivity index (χ1n) is 8.07. The van der Waals surface area contributed by atoms with Gasteiger partial charge in [-0.25, -0.2) is 10.3 Å². The zero-order chi connectivity index (χ0) is 19.1. The quantitative estimate of drug-likeness (QED) is 0.195. The van der Waals surface area contributed by atoms with Crippen molar-refractivity contribution in [2.75, 3.05) is 13.7 Å². The molecule has 0 radical (unpaired) electrons. The summed E-state index contributed by atoms with van der Waals surface area (Å²) < 4.78 is 6.13. The number of amides is 4. The lowest BCUT2D eigenvalue weighted by Crippen LogP contribution is -2.31. The molecule has 0 atom stereocenters. The molecular weight excluding hydrogens is 406 g/mol. The molecule has 1 saturated heterocycles. The van der Waals surface area contributed by atoms with Gasteiger partial charge in [0, 0.05) is 23.0 Å². The summed E-state index contributed by atoms with van der Waals surface area (Å²) in [6.45, 7) is 0.264. The van der Waals surface area contributed by atoms with Gasteiger partial charge in [0.1, 0.15) is 11.4 Å². The normalized spacial score (nSPS) is 15.3. The number of methoxy groups -OCH3 is 1. The minimum atomic E-state index is -0.467. The topological polar surface area (TPSA) is 108 Å². The van der Waals surface area contributed by atoms with Gasteiger partial charge >= 0.3 is 6.03 Å². The first kappa shape index (κ1) is 19.9. The van der Waals surface area contributed by atoms with Crippen molar-refractivity contribution in [2.45, 2.75) is 25.7 Å². The van der Waals surface area contributed by atoms with Gasteiger partial charge in [-0.2, -0.15) is 0 Å². The van der Waals surface area contributed by atoms with Gasteiger partial charge in [-0.05, 0) is 31.1 Å². The Morgan fingerprint density at radius 2 is 2.12 bits per heavy atom. The summed E-state index contributed by atoms with van der Waals surface area (Å²) >= 11 is 3.35. The molecule has 9 heteroatoms. The zero-order valence-electron chi connectivity index (χ0n) is 14.3. The average molecular weight is 426 g/mol. The van der Waals surface area contributed by atoms with Crippen LogP contribution in [0.5, 0.6) is 5.75 Å². The highest BCUT2D eigenvalue weighted by molar-refractivity contribution is 9.10. The van der Waals surface area contributed by atoms with Crippen molar-refractivity contribution in [3.63, 3.8) is 0 Å². The molecule has 0 spiro atoms. The first-order valence-corrected chi connectivity index (χ1v) is 8.86. The van der Waals surface area contributed by atoms with Crippen LogP contribution in [0, 0.1) is 0 Å². The van der Waals surface area contributed by atoms with Crippen LogP contribution < -0.4 is 15.5 Å². The Labute approximate surface area is 159 Å². The van der Waals surface area contributed by atoms with E-state index in [0.29, 0.717) is 30.6 Å². The van der Waals surface area contributed by atoms with Gasteiger partial charge < -0.3 is 10.1 Å². The number of carbonyl (C=O) groups excluding carboxylic acids is 3. The lowest BCUT2D eigenvalue weighted by atomic mass is 10.1. The van der Waals surface area contributed by atoms with E-state index in [1.807, 2.05) is 6.07 Å². The molecule has 1 aromatic carbocycles. The fourth-order valence-corrected chi connectivity index (χ4v) is 2.86. The lowest BCUT2D eigenvalue weighted by molar-refractivity contribution is -0.129. The number of nitrogens with one attached hydrogen (secondary N) is 2. The Hall–Kier alpha value is -2.39. The molecule has 1 aromatic rings. The van der Waals surface area contributed by atoms with Crippen molar-refractivity contribution in [3.05, 3.63) is 33.9 Å². The number of unbranched alkanes of at least 4 members (excludes halogenated alkanes) is 2. The maximum absolute atomic E-state index is 12.4. The molecule has 0 saturated carbocycles. The van der Waals surface area contributed by atoms with E-state index in [1.54, 1.807) is 23.7 Å². The van der Waals surface area contributed by atoms with Crippen molar-refractivity contribution >= 4 is 39.9 Å². The van der Waals surface area contributed by atoms with Gasteiger partial charge in [0.05, 0.1) is 7.11 Å². The van der Waals surface area contributed by atoms with Crippen LogP contribution in [0.15, 0.2) is 28.4 Å². The summed E-state index contributed by atoms with van der Waals surface area (Å²) in [4.78, 5) is 36.5. The molecule has 2 rings (SSSR count). The maximum Gasteiger partial charge on any atom is 0.329 e. The highest BCUT2D eigenvalue weighted by atomic mass is 79.9. The Bertz CT molecular complexity index is 735. The van der Waals surface area contributed by atoms with Gasteiger partial charge in [0.15, 0.2) is 0 Å². The summed E-state index contributed by atoms with van der Waals surface area (Å²) in [6, 6.07) is 4.90. The third-order valence-corrected chi connectivity index (χ3v) is 4.36. The molecule has 0 bridgehead atoms. The van der Waals surface area contributed by atoms with Gasteiger partial charge in [-0.3, -0.25) is 19.7 Å². The third-order valence-electron chi connectivity index (χ3n) is 3.87. The predicted molar refractivity (Wildman–Crippen MR) is 97.3 cm³/mol. The monoisotopic (exact) mass is 425 g/mol. The standard InChI is InChI=1S/C17H20BrN3O5/c1-26-14-10-12(18)7-6-11(14)9-13-16(23)21(17(24)19-13)8-4-2-3-5-15(22)20-25/h6-7,9-10,25H,2-5,8H2,1H3,(H,19,24)(H,20,22). The van der Waals surface area contributed by atoms with E-state index in [0.717, 1.165) is 9.37 Å². The Morgan fingerprint density at radius 3 is 2.81 bits per heavy atom. The van der Waals surface area contributed by atoms with Crippen LogP contribution in [0.2, 0.25) is 0 Å². The van der Waals surface area contributed by atoms with E-state index < -0.39 is 17.8 Å². The number of nitrogens with zero attached hydrogens (tertiary/aromatic N) is 1. The predicted octanol–water partition coefficient (Wildman–Crippen LogP) is 2.42. The van der Waals surface area contributed by atoms with E-state index in [4.69, 9.17) is 9.94 Å². The highest BCUT2D eigenvalue weighted by Crippen LogP contribution is 2.26. The molecule has 0 aliphatic carbocycles. The molecule has 0 unspecified atom stereocenters. The molecule has 26 heavy (non-hydrogen) atoms. The molecule has 8 nitrogen and oxygen atoms in total. The van der Waals surface area contributed by atoms with Crippen LogP contribution >= 0.6 is 15.9 Å². The van der Waals surface area contributed by atoms with Crippen molar-refractivity contribution in [1.82, 2.24) is 15.7 Å². The summed E-state index contributed by atoms with van der Waals surface area (Å²) in [5, 5.41) is 11.0. The summed E-state index contributed by atoms with van der Waals surface area (Å²) in [6.07, 6.45) is 3.58. The maximum atomic E-state index is 12.4. The van der Waals surface area contributed by atoms with Crippen LogP contribution in [-0.4, -0.2) is 41.6 Å². The Morgan fingerprint density at radius 1 is 1.35 bits per heavy atom. The van der Waals surface area contributed by atoms with Crippen molar-refractivity contribution < 1.29 is 24.3 Å². The molecule has 0 aromatic heterocycles. The van der Waals surface area contributed by atoms with E-state index in [-0.39, 0.29) is 18.7 Å². The molecule has 1 heterocycles. The average Bonchev–Trinajstić information content (AvgIpc) is 2.89. The van der Waals surface area contributed by atoms with Crippen molar-refractivity contribution in [1.29, 1.82) is 0 Å². The summed E-state index contributed by atoms with van der Waals surface area (Å²) in [5.74, 6) is -0.267. The Kier molecular flexibility index (Phi) is 7.16. The molecule has 4 amide bonds. The van der Waals surface area contributed by atoms with E-state index in [2.05, 4.69) is 21.2 Å². The SMILES string of the molecule is COc1cc(Br)ccc1C=C1NC(=O)N(CCCCCC(=O)NO)C1=O. The number of hydroxylamine groups is 1. The Balaban J connectivity index is 1.97.